The lowest BCUT2D eigenvalue weighted by Crippen LogP contribution is -2.29. The van der Waals surface area contributed by atoms with E-state index < -0.39 is 0 Å². The van der Waals surface area contributed by atoms with Crippen LogP contribution in [0.5, 0.6) is 0 Å². The molecule has 0 radical (unpaired) electrons. The Bertz CT molecular complexity index is 658. The Morgan fingerprint density at radius 2 is 2.33 bits per heavy atom. The molecule has 0 saturated carbocycles. The number of hydrogen-bond acceptors (Lipinski definition) is 3. The minimum Gasteiger partial charge on any atom is -0.331 e. The predicted octanol–water partition coefficient (Wildman–Crippen LogP) is 3.33. The van der Waals surface area contributed by atoms with Gasteiger partial charge in [0.1, 0.15) is 0 Å². The van der Waals surface area contributed by atoms with Gasteiger partial charge in [-0.15, -0.1) is 11.3 Å². The zero-order chi connectivity index (χ0) is 15.0. The molecule has 2 aromatic heterocycles. The number of aromatic nitrogens is 2. The van der Waals surface area contributed by atoms with Crippen molar-refractivity contribution in [1.82, 2.24) is 14.7 Å². The highest BCUT2D eigenvalue weighted by atomic mass is 32.1. The number of nitrogens with zero attached hydrogens (tertiary/aromatic N) is 3. The molecule has 4 nitrogen and oxygen atoms in total. The summed E-state index contributed by atoms with van der Waals surface area (Å²) < 4.78 is 1.81. The van der Waals surface area contributed by atoms with Gasteiger partial charge in [-0.25, -0.2) is 0 Å². The molecule has 3 rings (SSSR count). The number of carbonyl (C=O) groups is 1. The number of hydrogen-bond donors (Lipinski definition) is 0. The van der Waals surface area contributed by atoms with Crippen LogP contribution in [0.4, 0.5) is 0 Å². The molecule has 1 amide bonds. The molecule has 0 spiro atoms. The van der Waals surface area contributed by atoms with Gasteiger partial charge in [0.25, 0.3) is 5.91 Å². The van der Waals surface area contributed by atoms with Gasteiger partial charge < -0.3 is 4.90 Å². The second kappa shape index (κ2) is 5.64. The summed E-state index contributed by atoms with van der Waals surface area (Å²) in [5.41, 5.74) is 2.44. The van der Waals surface area contributed by atoms with Crippen molar-refractivity contribution < 1.29 is 4.79 Å². The SMILES string of the molecule is CCc1cc(C(=O)N2CCC[C@H]2c2cnn(C)c2)sc1C. The van der Waals surface area contributed by atoms with Crippen molar-refractivity contribution in [2.45, 2.75) is 39.2 Å². The van der Waals surface area contributed by atoms with Gasteiger partial charge >= 0.3 is 0 Å². The number of likely N-dealkylation sites (tertiary alicyclic amines) is 1. The molecule has 3 heterocycles. The van der Waals surface area contributed by atoms with Crippen LogP contribution in [0.3, 0.4) is 0 Å². The van der Waals surface area contributed by atoms with Crippen molar-refractivity contribution in [2.24, 2.45) is 7.05 Å². The van der Waals surface area contributed by atoms with Gasteiger partial charge in [-0.3, -0.25) is 9.48 Å². The van der Waals surface area contributed by atoms with Gasteiger partial charge in [0, 0.05) is 30.2 Å². The van der Waals surface area contributed by atoms with Crippen LogP contribution in [0.1, 0.15) is 51.5 Å². The molecule has 1 aliphatic rings. The molecule has 0 aliphatic carbocycles. The van der Waals surface area contributed by atoms with E-state index in [9.17, 15) is 4.79 Å². The highest BCUT2D eigenvalue weighted by Crippen LogP contribution is 2.34. The fourth-order valence-corrected chi connectivity index (χ4v) is 4.16. The number of rotatable bonds is 3. The van der Waals surface area contributed by atoms with E-state index in [1.807, 2.05) is 24.3 Å². The predicted molar refractivity (Wildman–Crippen MR) is 84.7 cm³/mol. The van der Waals surface area contributed by atoms with Crippen LogP contribution < -0.4 is 0 Å². The maximum Gasteiger partial charge on any atom is 0.264 e. The highest BCUT2D eigenvalue weighted by molar-refractivity contribution is 7.14. The van der Waals surface area contributed by atoms with Crippen LogP contribution in [-0.2, 0) is 13.5 Å². The topological polar surface area (TPSA) is 38.1 Å². The van der Waals surface area contributed by atoms with Crippen LogP contribution in [0.25, 0.3) is 0 Å². The summed E-state index contributed by atoms with van der Waals surface area (Å²) in [4.78, 5) is 17.0. The van der Waals surface area contributed by atoms with E-state index in [2.05, 4.69) is 25.0 Å². The zero-order valence-electron chi connectivity index (χ0n) is 12.8. The Hall–Kier alpha value is -1.62. The summed E-state index contributed by atoms with van der Waals surface area (Å²) in [6.07, 6.45) is 6.99. The minimum atomic E-state index is 0.175. The molecule has 0 bridgehead atoms. The lowest BCUT2D eigenvalue weighted by Gasteiger charge is -2.23. The van der Waals surface area contributed by atoms with E-state index in [1.165, 1.54) is 10.4 Å². The van der Waals surface area contributed by atoms with Crippen LogP contribution in [0, 0.1) is 6.92 Å². The van der Waals surface area contributed by atoms with E-state index in [0.29, 0.717) is 0 Å². The minimum absolute atomic E-state index is 0.175. The van der Waals surface area contributed by atoms with Crippen molar-refractivity contribution in [3.8, 4) is 0 Å². The maximum absolute atomic E-state index is 12.8. The summed E-state index contributed by atoms with van der Waals surface area (Å²) in [7, 11) is 1.92. The molecule has 5 heteroatoms. The van der Waals surface area contributed by atoms with Crippen molar-refractivity contribution in [1.29, 1.82) is 0 Å². The van der Waals surface area contributed by atoms with Gasteiger partial charge in [0.05, 0.1) is 17.1 Å². The molecule has 1 fully saturated rings. The van der Waals surface area contributed by atoms with Gasteiger partial charge in [-0.05, 0) is 37.8 Å². The first-order valence-corrected chi connectivity index (χ1v) is 8.30. The third kappa shape index (κ3) is 2.62. The van der Waals surface area contributed by atoms with E-state index in [4.69, 9.17) is 0 Å². The van der Waals surface area contributed by atoms with Crippen molar-refractivity contribution >= 4 is 17.2 Å². The first-order valence-electron chi connectivity index (χ1n) is 7.49. The number of aryl methyl sites for hydroxylation is 3. The van der Waals surface area contributed by atoms with Gasteiger partial charge in [0.2, 0.25) is 0 Å². The summed E-state index contributed by atoms with van der Waals surface area (Å²) in [5.74, 6) is 0.175. The smallest absolute Gasteiger partial charge is 0.264 e. The molecule has 2 aromatic rings. The third-order valence-electron chi connectivity index (χ3n) is 4.24. The van der Waals surface area contributed by atoms with Crippen molar-refractivity contribution in [3.05, 3.63) is 39.3 Å². The molecule has 1 atom stereocenters. The monoisotopic (exact) mass is 303 g/mol. The average Bonchev–Trinajstić information content (AvgIpc) is 3.16. The van der Waals surface area contributed by atoms with E-state index in [1.54, 1.807) is 16.0 Å². The van der Waals surface area contributed by atoms with Crippen molar-refractivity contribution in [3.63, 3.8) is 0 Å². The molecule has 1 aliphatic heterocycles. The fraction of sp³-hybridized carbons (Fsp3) is 0.500. The molecule has 1 saturated heterocycles. The Labute approximate surface area is 129 Å². The summed E-state index contributed by atoms with van der Waals surface area (Å²) in [5, 5.41) is 4.24. The molecule has 0 aromatic carbocycles. The Morgan fingerprint density at radius 3 is 2.95 bits per heavy atom. The second-order valence-electron chi connectivity index (χ2n) is 5.65. The van der Waals surface area contributed by atoms with Crippen molar-refractivity contribution in [2.75, 3.05) is 6.54 Å². The van der Waals surface area contributed by atoms with Crippen LogP contribution >= 0.6 is 11.3 Å². The average molecular weight is 303 g/mol. The molecular weight excluding hydrogens is 282 g/mol. The molecule has 0 unspecified atom stereocenters. The molecule has 112 valence electrons. The Morgan fingerprint density at radius 1 is 1.52 bits per heavy atom. The van der Waals surface area contributed by atoms with E-state index >= 15 is 0 Å². The summed E-state index contributed by atoms with van der Waals surface area (Å²) >= 11 is 1.62. The maximum atomic E-state index is 12.8. The Kier molecular flexibility index (Phi) is 3.85. The largest absolute Gasteiger partial charge is 0.331 e. The van der Waals surface area contributed by atoms with Gasteiger partial charge in [-0.2, -0.15) is 5.10 Å². The molecule has 21 heavy (non-hydrogen) atoms. The molecular formula is C16H21N3OS. The zero-order valence-corrected chi connectivity index (χ0v) is 13.6. The lowest BCUT2D eigenvalue weighted by atomic mass is 10.1. The summed E-state index contributed by atoms with van der Waals surface area (Å²) in [6.45, 7) is 5.08. The standard InChI is InChI=1S/C16H21N3OS/c1-4-12-8-15(21-11(12)2)16(20)19-7-5-6-14(19)13-9-17-18(3)10-13/h8-10,14H,4-7H2,1-3H3/t14-/m0/s1. The first kappa shape index (κ1) is 14.3. The first-order chi connectivity index (χ1) is 10.1. The van der Waals surface area contributed by atoms with Crippen LogP contribution in [0.15, 0.2) is 18.5 Å². The van der Waals surface area contributed by atoms with Gasteiger partial charge in [-0.1, -0.05) is 6.92 Å². The number of thiophene rings is 1. The quantitative estimate of drug-likeness (QED) is 0.872. The summed E-state index contributed by atoms with van der Waals surface area (Å²) in [6, 6.07) is 2.25. The number of carbonyl (C=O) groups excluding carboxylic acids is 1. The molecule has 0 N–H and O–H groups in total. The normalized spacial score (nSPS) is 18.4. The fourth-order valence-electron chi connectivity index (χ4n) is 3.09. The van der Waals surface area contributed by atoms with E-state index in [0.717, 1.165) is 36.2 Å². The van der Waals surface area contributed by atoms with Crippen LogP contribution in [-0.4, -0.2) is 27.1 Å². The number of amides is 1. The lowest BCUT2D eigenvalue weighted by molar-refractivity contribution is 0.0740. The Balaban J connectivity index is 1.85. The highest BCUT2D eigenvalue weighted by Gasteiger charge is 2.32. The third-order valence-corrected chi connectivity index (χ3v) is 5.32. The van der Waals surface area contributed by atoms with Crippen LogP contribution in [0.2, 0.25) is 0 Å². The van der Waals surface area contributed by atoms with E-state index in [-0.39, 0.29) is 11.9 Å². The second-order valence-corrected chi connectivity index (χ2v) is 6.91. The van der Waals surface area contributed by atoms with Gasteiger partial charge in [0.15, 0.2) is 0 Å².